The molecule has 0 aromatic heterocycles. The SMILES string of the molecule is c1ccc2cc(-c3cc(-c4ccc(-c5ccc(-c6cc(-c7ccc8ccccc8c7)cc(-c7cccc8ccccc78)c6)cc5)cc4)cc(-c4cccc5ccccc45)c3)ccc2c1. The zero-order chi connectivity index (χ0) is 42.4. The van der Waals surface area contributed by atoms with Crippen LogP contribution < -0.4 is 0 Å². The van der Waals surface area contributed by atoms with E-state index in [-0.39, 0.29) is 0 Å². The van der Waals surface area contributed by atoms with Gasteiger partial charge in [-0.3, -0.25) is 0 Å². The molecule has 0 heterocycles. The number of hydrogen-bond acceptors (Lipinski definition) is 0. The van der Waals surface area contributed by atoms with Crippen molar-refractivity contribution in [1.29, 1.82) is 0 Å². The molecule has 0 atom stereocenters. The largest absolute Gasteiger partial charge is 0.0616 e. The molecule has 0 bridgehead atoms. The summed E-state index contributed by atoms with van der Waals surface area (Å²) in [4.78, 5) is 0. The number of benzene rings is 12. The second kappa shape index (κ2) is 15.9. The van der Waals surface area contributed by atoms with E-state index in [0.717, 1.165) is 0 Å². The molecule has 0 aliphatic carbocycles. The Kier molecular flexibility index (Phi) is 9.28. The molecule has 12 aromatic carbocycles. The van der Waals surface area contributed by atoms with Gasteiger partial charge in [0.15, 0.2) is 0 Å². The van der Waals surface area contributed by atoms with Gasteiger partial charge in [-0.15, -0.1) is 0 Å². The highest BCUT2D eigenvalue weighted by atomic mass is 14.2. The Balaban J connectivity index is 0.910. The van der Waals surface area contributed by atoms with Crippen LogP contribution >= 0.6 is 0 Å². The summed E-state index contributed by atoms with van der Waals surface area (Å²) in [5, 5.41) is 10.0. The molecular formula is C64H42. The van der Waals surface area contributed by atoms with Crippen molar-refractivity contribution in [2.45, 2.75) is 0 Å². The molecule has 0 spiro atoms. The first kappa shape index (κ1) is 37.4. The predicted molar refractivity (Wildman–Crippen MR) is 275 cm³/mol. The molecule has 64 heavy (non-hydrogen) atoms. The van der Waals surface area contributed by atoms with Crippen LogP contribution in [0.4, 0.5) is 0 Å². The van der Waals surface area contributed by atoms with Gasteiger partial charge in [0.2, 0.25) is 0 Å². The maximum atomic E-state index is 2.36. The summed E-state index contributed by atoms with van der Waals surface area (Å²) in [6, 6.07) is 93.8. The van der Waals surface area contributed by atoms with Crippen molar-refractivity contribution >= 4 is 43.1 Å². The lowest BCUT2D eigenvalue weighted by Crippen LogP contribution is -1.89. The highest BCUT2D eigenvalue weighted by Crippen LogP contribution is 2.40. The Labute approximate surface area is 374 Å². The molecule has 0 heteroatoms. The van der Waals surface area contributed by atoms with Crippen LogP contribution in [-0.2, 0) is 0 Å². The van der Waals surface area contributed by atoms with Crippen LogP contribution in [0.25, 0.3) is 121 Å². The molecule has 0 nitrogen and oxygen atoms in total. The summed E-state index contributed by atoms with van der Waals surface area (Å²) in [6.45, 7) is 0. The maximum Gasteiger partial charge on any atom is -0.0105 e. The molecule has 0 aliphatic rings. The van der Waals surface area contributed by atoms with E-state index in [0.29, 0.717) is 0 Å². The molecule has 0 N–H and O–H groups in total. The van der Waals surface area contributed by atoms with E-state index in [1.807, 2.05) is 0 Å². The smallest absolute Gasteiger partial charge is 0.0105 e. The van der Waals surface area contributed by atoms with Crippen molar-refractivity contribution in [3.8, 4) is 77.9 Å². The van der Waals surface area contributed by atoms with Gasteiger partial charge >= 0.3 is 0 Å². The molecule has 0 saturated carbocycles. The second-order valence-corrected chi connectivity index (χ2v) is 16.9. The van der Waals surface area contributed by atoms with Gasteiger partial charge in [0, 0.05) is 0 Å². The molecule has 0 fully saturated rings. The van der Waals surface area contributed by atoms with E-state index in [9.17, 15) is 0 Å². The number of hydrogen-bond donors (Lipinski definition) is 0. The molecule has 0 saturated heterocycles. The van der Waals surface area contributed by atoms with Gasteiger partial charge < -0.3 is 0 Å². The molecule has 298 valence electrons. The second-order valence-electron chi connectivity index (χ2n) is 16.9. The fourth-order valence-electron chi connectivity index (χ4n) is 9.64. The Morgan fingerprint density at radius 3 is 0.828 bits per heavy atom. The van der Waals surface area contributed by atoms with Gasteiger partial charge in [0.1, 0.15) is 0 Å². The van der Waals surface area contributed by atoms with E-state index < -0.39 is 0 Å². The van der Waals surface area contributed by atoms with Crippen molar-refractivity contribution < 1.29 is 0 Å². The third-order valence-electron chi connectivity index (χ3n) is 13.0. The van der Waals surface area contributed by atoms with E-state index in [1.54, 1.807) is 0 Å². The zero-order valence-corrected chi connectivity index (χ0v) is 35.2. The summed E-state index contributed by atoms with van der Waals surface area (Å²) in [6.07, 6.45) is 0. The van der Waals surface area contributed by atoms with E-state index in [1.165, 1.54) is 121 Å². The van der Waals surface area contributed by atoms with Gasteiger partial charge in [0.05, 0.1) is 0 Å². The maximum absolute atomic E-state index is 2.36. The molecule has 0 unspecified atom stereocenters. The summed E-state index contributed by atoms with van der Waals surface area (Å²) in [5.41, 5.74) is 16.9. The van der Waals surface area contributed by atoms with Crippen LogP contribution in [0.5, 0.6) is 0 Å². The fraction of sp³-hybridized carbons (Fsp3) is 0. The summed E-state index contributed by atoms with van der Waals surface area (Å²) in [5.74, 6) is 0. The minimum atomic E-state index is 1.19. The first-order valence-electron chi connectivity index (χ1n) is 22.1. The van der Waals surface area contributed by atoms with Crippen molar-refractivity contribution in [3.05, 3.63) is 255 Å². The Morgan fingerprint density at radius 2 is 0.422 bits per heavy atom. The van der Waals surface area contributed by atoms with Gasteiger partial charge in [0.25, 0.3) is 0 Å². The van der Waals surface area contributed by atoms with E-state index in [4.69, 9.17) is 0 Å². The average Bonchev–Trinajstić information content (AvgIpc) is 3.38. The first-order valence-corrected chi connectivity index (χ1v) is 22.1. The zero-order valence-electron chi connectivity index (χ0n) is 35.2. The molecule has 0 radical (unpaired) electrons. The lowest BCUT2D eigenvalue weighted by molar-refractivity contribution is 1.56. The molecular weight excluding hydrogens is 769 g/mol. The first-order chi connectivity index (χ1) is 31.7. The summed E-state index contributed by atoms with van der Waals surface area (Å²) in [7, 11) is 0. The Morgan fingerprint density at radius 1 is 0.141 bits per heavy atom. The fourth-order valence-corrected chi connectivity index (χ4v) is 9.64. The van der Waals surface area contributed by atoms with Crippen LogP contribution in [0.2, 0.25) is 0 Å². The van der Waals surface area contributed by atoms with Crippen molar-refractivity contribution in [1.82, 2.24) is 0 Å². The number of rotatable bonds is 7. The van der Waals surface area contributed by atoms with Crippen molar-refractivity contribution in [3.63, 3.8) is 0 Å². The molecule has 12 rings (SSSR count). The monoisotopic (exact) mass is 810 g/mol. The van der Waals surface area contributed by atoms with E-state index >= 15 is 0 Å². The Bertz CT molecular complexity index is 3440. The highest BCUT2D eigenvalue weighted by molar-refractivity contribution is 6.00. The van der Waals surface area contributed by atoms with Crippen LogP contribution in [0.15, 0.2) is 255 Å². The van der Waals surface area contributed by atoms with Crippen LogP contribution in [0.1, 0.15) is 0 Å². The van der Waals surface area contributed by atoms with Crippen LogP contribution in [-0.4, -0.2) is 0 Å². The van der Waals surface area contributed by atoms with Crippen molar-refractivity contribution in [2.24, 2.45) is 0 Å². The highest BCUT2D eigenvalue weighted by Gasteiger charge is 2.13. The predicted octanol–water partition coefficient (Wildman–Crippen LogP) is 18.0. The van der Waals surface area contributed by atoms with Gasteiger partial charge in [-0.2, -0.15) is 0 Å². The molecule has 0 amide bonds. The summed E-state index contributed by atoms with van der Waals surface area (Å²) >= 11 is 0. The third kappa shape index (κ3) is 7.02. The van der Waals surface area contributed by atoms with E-state index in [2.05, 4.69) is 255 Å². The lowest BCUT2D eigenvalue weighted by atomic mass is 9.90. The minimum Gasteiger partial charge on any atom is -0.0616 e. The lowest BCUT2D eigenvalue weighted by Gasteiger charge is -2.14. The van der Waals surface area contributed by atoms with Gasteiger partial charge in [-0.1, -0.05) is 206 Å². The van der Waals surface area contributed by atoms with Crippen molar-refractivity contribution in [2.75, 3.05) is 0 Å². The van der Waals surface area contributed by atoms with Gasteiger partial charge in [-0.05, 0) is 170 Å². The van der Waals surface area contributed by atoms with Crippen LogP contribution in [0, 0.1) is 0 Å². The van der Waals surface area contributed by atoms with Gasteiger partial charge in [-0.25, -0.2) is 0 Å². The normalized spacial score (nSPS) is 11.4. The van der Waals surface area contributed by atoms with Crippen LogP contribution in [0.3, 0.4) is 0 Å². The average molecular weight is 811 g/mol. The quantitative estimate of drug-likeness (QED) is 0.150. The molecule has 12 aromatic rings. The summed E-state index contributed by atoms with van der Waals surface area (Å²) < 4.78 is 0. The Hall–Kier alpha value is -8.32. The topological polar surface area (TPSA) is 0 Å². The number of fused-ring (bicyclic) bond motifs is 4. The minimum absolute atomic E-state index is 1.19. The standard InChI is InChI=1S/C64H42/c1-3-15-51-35-53(33-31-43(51)11-1)57-37-55(39-59(41-57)63-21-9-17-49-13-5-7-19-61(49)63)47-27-23-45(24-28-47)46-25-29-48(30-26-46)56-38-58(54-34-32-44-12-2-4-16-52(44)36-54)42-60(40-56)64-22-10-18-50-14-6-8-20-62(50)64/h1-42H. The third-order valence-corrected chi connectivity index (χ3v) is 13.0. The molecule has 0 aliphatic heterocycles.